The molecule has 0 radical (unpaired) electrons. The summed E-state index contributed by atoms with van der Waals surface area (Å²) in [5.74, 6) is 1.60. The minimum absolute atomic E-state index is 0.763. The Balaban J connectivity index is 0.000000687. The van der Waals surface area contributed by atoms with Gasteiger partial charge in [-0.25, -0.2) is 0 Å². The van der Waals surface area contributed by atoms with Gasteiger partial charge in [0.25, 0.3) is 0 Å². The van der Waals surface area contributed by atoms with E-state index in [9.17, 15) is 0 Å². The maximum absolute atomic E-state index is 5.22. The lowest BCUT2D eigenvalue weighted by Crippen LogP contribution is -2.31. The zero-order chi connectivity index (χ0) is 20.9. The molecule has 3 nitrogen and oxygen atoms in total. The summed E-state index contributed by atoms with van der Waals surface area (Å²) in [6.07, 6.45) is 22.0. The first kappa shape index (κ1) is 23.1. The lowest BCUT2D eigenvalue weighted by atomic mass is 10.1. The number of likely N-dealkylation sites (tertiary alicyclic amines) is 1. The second-order valence-corrected chi connectivity index (χ2v) is 8.30. The molecule has 0 bridgehead atoms. The molecule has 0 spiro atoms. The van der Waals surface area contributed by atoms with Crippen molar-refractivity contribution in [3.8, 4) is 0 Å². The summed E-state index contributed by atoms with van der Waals surface area (Å²) in [7, 11) is 1.67. The molecule has 1 fully saturated rings. The SMILES string of the molecule is CC(C)C.COC1=C=CC=C(CNCC2=C(N3CCCCC3)CC=CC=C2)C=C1. The number of hydrogen-bond acceptors (Lipinski definition) is 3. The fraction of sp³-hybridized carbons (Fsp3) is 0.500. The first-order valence-electron chi connectivity index (χ1n) is 11.0. The van der Waals surface area contributed by atoms with Crippen molar-refractivity contribution in [2.24, 2.45) is 5.92 Å². The molecule has 3 aliphatic rings. The molecule has 0 saturated carbocycles. The van der Waals surface area contributed by atoms with Crippen LogP contribution in [0.25, 0.3) is 0 Å². The number of rotatable bonds is 6. The molecule has 29 heavy (non-hydrogen) atoms. The number of hydrogen-bond donors (Lipinski definition) is 1. The van der Waals surface area contributed by atoms with Crippen LogP contribution in [0.4, 0.5) is 0 Å². The Morgan fingerprint density at radius 2 is 1.79 bits per heavy atom. The summed E-state index contributed by atoms with van der Waals surface area (Å²) < 4.78 is 5.22. The zero-order valence-electron chi connectivity index (χ0n) is 18.7. The summed E-state index contributed by atoms with van der Waals surface area (Å²) in [5.41, 5.74) is 7.24. The van der Waals surface area contributed by atoms with Gasteiger partial charge in [0.05, 0.1) is 7.11 Å². The third-order valence-electron chi connectivity index (χ3n) is 4.80. The van der Waals surface area contributed by atoms with Gasteiger partial charge in [0.2, 0.25) is 0 Å². The van der Waals surface area contributed by atoms with E-state index in [0.29, 0.717) is 0 Å². The standard InChI is InChI=1S/C22H28N2O.C4H10/c1-25-21-11-8-9-19(13-14-21)17-23-18-20-10-4-2-5-12-22(20)24-15-6-3-7-16-24;1-4(2)3/h2,4-5,8-10,13-14,23H,3,6-7,12,15-18H2,1H3;4H,1-3H3. The Labute approximate surface area is 177 Å². The average molecular weight is 395 g/mol. The normalized spacial score (nSPS) is 18.7. The van der Waals surface area contributed by atoms with Crippen molar-refractivity contribution in [2.75, 3.05) is 33.3 Å². The van der Waals surface area contributed by atoms with Gasteiger partial charge in [0, 0.05) is 38.3 Å². The van der Waals surface area contributed by atoms with Crippen LogP contribution < -0.4 is 5.32 Å². The Kier molecular flexibility index (Phi) is 10.4. The van der Waals surface area contributed by atoms with E-state index in [2.05, 4.69) is 73.2 Å². The van der Waals surface area contributed by atoms with Gasteiger partial charge in [-0.15, -0.1) is 0 Å². The molecule has 0 unspecified atom stereocenters. The molecule has 0 aromatic rings. The van der Waals surface area contributed by atoms with Gasteiger partial charge in [0.1, 0.15) is 0 Å². The lowest BCUT2D eigenvalue weighted by molar-refractivity contribution is 0.278. The Bertz CT molecular complexity index is 719. The summed E-state index contributed by atoms with van der Waals surface area (Å²) in [6.45, 7) is 10.6. The number of nitrogens with zero attached hydrogens (tertiary/aromatic N) is 1. The van der Waals surface area contributed by atoms with Crippen LogP contribution in [0.2, 0.25) is 0 Å². The summed E-state index contributed by atoms with van der Waals surface area (Å²) in [6, 6.07) is 0. The molecule has 1 heterocycles. The lowest BCUT2D eigenvalue weighted by Gasteiger charge is -2.32. The molecule has 0 amide bonds. The van der Waals surface area contributed by atoms with Crippen molar-refractivity contribution < 1.29 is 4.74 Å². The highest BCUT2D eigenvalue weighted by Gasteiger charge is 2.16. The average Bonchev–Trinajstić information content (AvgIpc) is 3.09. The highest BCUT2D eigenvalue weighted by Crippen LogP contribution is 2.23. The molecule has 0 aromatic heterocycles. The molecule has 1 N–H and O–H groups in total. The number of nitrogens with one attached hydrogen (secondary N) is 1. The third-order valence-corrected chi connectivity index (χ3v) is 4.80. The fourth-order valence-corrected chi connectivity index (χ4v) is 3.42. The smallest absolute Gasteiger partial charge is 0.161 e. The molecule has 3 heteroatoms. The first-order valence-corrected chi connectivity index (χ1v) is 11.0. The molecule has 0 aromatic carbocycles. The van der Waals surface area contributed by atoms with Crippen LogP contribution in [0.15, 0.2) is 76.9 Å². The maximum atomic E-state index is 5.22. The zero-order valence-corrected chi connectivity index (χ0v) is 18.7. The van der Waals surface area contributed by atoms with Gasteiger partial charge >= 0.3 is 0 Å². The highest BCUT2D eigenvalue weighted by atomic mass is 16.5. The molecule has 0 atom stereocenters. The topological polar surface area (TPSA) is 24.5 Å². The largest absolute Gasteiger partial charge is 0.489 e. The third kappa shape index (κ3) is 8.77. The van der Waals surface area contributed by atoms with Crippen molar-refractivity contribution in [1.29, 1.82) is 0 Å². The van der Waals surface area contributed by atoms with Crippen molar-refractivity contribution in [1.82, 2.24) is 10.2 Å². The van der Waals surface area contributed by atoms with Crippen LogP contribution in [0.1, 0.15) is 46.5 Å². The second-order valence-electron chi connectivity index (χ2n) is 8.30. The molecule has 2 aliphatic carbocycles. The van der Waals surface area contributed by atoms with Crippen LogP contribution in [-0.2, 0) is 4.74 Å². The van der Waals surface area contributed by atoms with Gasteiger partial charge in [-0.1, -0.05) is 56.9 Å². The molecule has 1 aliphatic heterocycles. The number of methoxy groups -OCH3 is 1. The van der Waals surface area contributed by atoms with Crippen molar-refractivity contribution >= 4 is 0 Å². The Morgan fingerprint density at radius 3 is 2.52 bits per heavy atom. The van der Waals surface area contributed by atoms with E-state index in [1.54, 1.807) is 7.11 Å². The van der Waals surface area contributed by atoms with Crippen LogP contribution >= 0.6 is 0 Å². The van der Waals surface area contributed by atoms with Gasteiger partial charge in [0.15, 0.2) is 5.76 Å². The Hall–Kier alpha value is -2.22. The van der Waals surface area contributed by atoms with Gasteiger partial charge in [-0.05, 0) is 54.6 Å². The minimum Gasteiger partial charge on any atom is -0.489 e. The summed E-state index contributed by atoms with van der Waals surface area (Å²) in [4.78, 5) is 2.59. The van der Waals surface area contributed by atoms with E-state index in [0.717, 1.165) is 31.2 Å². The fourth-order valence-electron chi connectivity index (χ4n) is 3.42. The van der Waals surface area contributed by atoms with E-state index in [-0.39, 0.29) is 0 Å². The van der Waals surface area contributed by atoms with Gasteiger partial charge in [-0.2, -0.15) is 0 Å². The van der Waals surface area contributed by atoms with Crippen LogP contribution in [0, 0.1) is 5.92 Å². The Morgan fingerprint density at radius 1 is 1.03 bits per heavy atom. The van der Waals surface area contributed by atoms with E-state index < -0.39 is 0 Å². The van der Waals surface area contributed by atoms with Crippen LogP contribution in [-0.4, -0.2) is 38.2 Å². The molecule has 158 valence electrons. The van der Waals surface area contributed by atoms with Crippen molar-refractivity contribution in [3.05, 3.63) is 76.9 Å². The molecule has 3 rings (SSSR count). The predicted octanol–water partition coefficient (Wildman–Crippen LogP) is 5.68. The van der Waals surface area contributed by atoms with Gasteiger partial charge in [-0.3, -0.25) is 0 Å². The maximum Gasteiger partial charge on any atom is 0.161 e. The minimum atomic E-state index is 0.763. The molecular weight excluding hydrogens is 356 g/mol. The second kappa shape index (κ2) is 13.1. The predicted molar refractivity (Wildman–Crippen MR) is 125 cm³/mol. The molecule has 1 saturated heterocycles. The quantitative estimate of drug-likeness (QED) is 0.587. The first-order chi connectivity index (χ1) is 14.1. The van der Waals surface area contributed by atoms with Crippen LogP contribution in [0.3, 0.4) is 0 Å². The number of piperidine rings is 1. The van der Waals surface area contributed by atoms with Crippen molar-refractivity contribution in [2.45, 2.75) is 46.5 Å². The molecular formula is C26H38N2O. The van der Waals surface area contributed by atoms with Crippen LogP contribution in [0.5, 0.6) is 0 Å². The summed E-state index contributed by atoms with van der Waals surface area (Å²) in [5, 5.41) is 3.60. The van der Waals surface area contributed by atoms with Crippen molar-refractivity contribution in [3.63, 3.8) is 0 Å². The highest BCUT2D eigenvalue weighted by molar-refractivity contribution is 5.35. The monoisotopic (exact) mass is 394 g/mol. The van der Waals surface area contributed by atoms with E-state index in [1.807, 2.05) is 12.2 Å². The van der Waals surface area contributed by atoms with E-state index >= 15 is 0 Å². The number of ether oxygens (including phenoxy) is 1. The van der Waals surface area contributed by atoms with E-state index in [1.165, 1.54) is 49.2 Å². The van der Waals surface area contributed by atoms with E-state index in [4.69, 9.17) is 4.74 Å². The number of allylic oxidation sites excluding steroid dienone is 5. The van der Waals surface area contributed by atoms with Gasteiger partial charge < -0.3 is 15.0 Å². The summed E-state index contributed by atoms with van der Waals surface area (Å²) >= 11 is 0.